The molecular weight excluding hydrogens is 240 g/mol. The van der Waals surface area contributed by atoms with Crippen LogP contribution in [-0.2, 0) is 4.79 Å². The molecule has 1 atom stereocenters. The summed E-state index contributed by atoms with van der Waals surface area (Å²) in [6, 6.07) is 7.56. The maximum Gasteiger partial charge on any atom is 0.156 e. The molecule has 100 valence electrons. The summed E-state index contributed by atoms with van der Waals surface area (Å²) in [7, 11) is 0. The van der Waals surface area contributed by atoms with Crippen molar-refractivity contribution in [2.75, 3.05) is 0 Å². The lowest BCUT2D eigenvalue weighted by molar-refractivity contribution is -0.114. The number of allylic oxidation sites excluding steroid dienone is 1. The first-order valence-corrected chi connectivity index (χ1v) is 6.38. The van der Waals surface area contributed by atoms with Crippen LogP contribution < -0.4 is 0 Å². The molecule has 0 bridgehead atoms. The second kappa shape index (κ2) is 5.74. The zero-order valence-electron chi connectivity index (χ0n) is 11.5. The molecule has 0 aromatic carbocycles. The van der Waals surface area contributed by atoms with Gasteiger partial charge in [-0.15, -0.1) is 0 Å². The van der Waals surface area contributed by atoms with E-state index in [2.05, 4.69) is 0 Å². The minimum absolute atomic E-state index is 0.0654. The van der Waals surface area contributed by atoms with E-state index in [1.807, 2.05) is 45.0 Å². The van der Waals surface area contributed by atoms with Crippen molar-refractivity contribution in [3.63, 3.8) is 0 Å². The fourth-order valence-corrected chi connectivity index (χ4v) is 1.91. The van der Waals surface area contributed by atoms with Crippen molar-refractivity contribution in [3.8, 4) is 0 Å². The predicted molar refractivity (Wildman–Crippen MR) is 74.0 cm³/mol. The van der Waals surface area contributed by atoms with Crippen molar-refractivity contribution in [2.45, 2.75) is 33.1 Å². The quantitative estimate of drug-likeness (QED) is 0.752. The van der Waals surface area contributed by atoms with Gasteiger partial charge in [0.1, 0.15) is 23.0 Å². The van der Waals surface area contributed by atoms with Crippen LogP contribution in [0.15, 0.2) is 39.2 Å². The Morgan fingerprint density at radius 3 is 2.42 bits per heavy atom. The van der Waals surface area contributed by atoms with E-state index < -0.39 is 0 Å². The van der Waals surface area contributed by atoms with Gasteiger partial charge in [0.25, 0.3) is 0 Å². The smallest absolute Gasteiger partial charge is 0.156 e. The van der Waals surface area contributed by atoms with Gasteiger partial charge in [-0.05, 0) is 50.3 Å². The van der Waals surface area contributed by atoms with Crippen LogP contribution in [0, 0.1) is 13.8 Å². The molecule has 0 saturated carbocycles. The molecule has 0 N–H and O–H groups in total. The summed E-state index contributed by atoms with van der Waals surface area (Å²) in [5, 5.41) is 0. The molecule has 0 aliphatic carbocycles. The van der Waals surface area contributed by atoms with Gasteiger partial charge in [0.2, 0.25) is 0 Å². The van der Waals surface area contributed by atoms with Crippen molar-refractivity contribution in [1.82, 2.24) is 0 Å². The number of hydrogen-bond acceptors (Lipinski definition) is 3. The van der Waals surface area contributed by atoms with E-state index >= 15 is 0 Å². The van der Waals surface area contributed by atoms with Crippen molar-refractivity contribution in [1.29, 1.82) is 0 Å². The minimum atomic E-state index is 0.0654. The molecule has 0 amide bonds. The number of ketones is 1. The van der Waals surface area contributed by atoms with Crippen LogP contribution in [-0.4, -0.2) is 5.78 Å². The molecule has 0 fully saturated rings. The third-order valence-corrected chi connectivity index (χ3v) is 2.95. The van der Waals surface area contributed by atoms with Crippen LogP contribution in [0.3, 0.4) is 0 Å². The molecule has 0 spiro atoms. The summed E-state index contributed by atoms with van der Waals surface area (Å²) >= 11 is 0. The number of aryl methyl sites for hydroxylation is 2. The van der Waals surface area contributed by atoms with Crippen LogP contribution >= 0.6 is 0 Å². The highest BCUT2D eigenvalue weighted by Crippen LogP contribution is 2.21. The average molecular weight is 258 g/mol. The Balaban J connectivity index is 1.92. The lowest BCUT2D eigenvalue weighted by Crippen LogP contribution is -2.00. The second-order valence-electron chi connectivity index (χ2n) is 4.80. The van der Waals surface area contributed by atoms with E-state index in [1.165, 1.54) is 0 Å². The van der Waals surface area contributed by atoms with Gasteiger partial charge in [-0.1, -0.05) is 6.92 Å². The van der Waals surface area contributed by atoms with E-state index in [0.29, 0.717) is 12.2 Å². The summed E-state index contributed by atoms with van der Waals surface area (Å²) in [5.41, 5.74) is 0. The second-order valence-corrected chi connectivity index (χ2v) is 4.80. The zero-order chi connectivity index (χ0) is 13.8. The van der Waals surface area contributed by atoms with Crippen LogP contribution in [0.1, 0.15) is 42.3 Å². The minimum Gasteiger partial charge on any atom is -0.466 e. The number of rotatable bonds is 5. The third-order valence-electron chi connectivity index (χ3n) is 2.95. The largest absolute Gasteiger partial charge is 0.466 e. The maximum atomic E-state index is 11.8. The molecule has 1 unspecified atom stereocenters. The molecule has 0 aliphatic heterocycles. The number of hydrogen-bond donors (Lipinski definition) is 0. The standard InChI is InChI=1S/C16H18O3/c1-11(16-9-5-13(3)19-16)10-14(17)6-8-15-7-4-12(2)18-15/h4-9,11H,10H2,1-3H3/b8-6+. The Bertz CT molecular complexity index is 587. The van der Waals surface area contributed by atoms with Gasteiger partial charge in [0.05, 0.1) is 0 Å². The molecule has 19 heavy (non-hydrogen) atoms. The summed E-state index contributed by atoms with van der Waals surface area (Å²) in [4.78, 5) is 11.8. The van der Waals surface area contributed by atoms with Gasteiger partial charge in [-0.2, -0.15) is 0 Å². The lowest BCUT2D eigenvalue weighted by Gasteiger charge is -2.05. The molecule has 0 radical (unpaired) electrons. The van der Waals surface area contributed by atoms with Crippen molar-refractivity contribution >= 4 is 11.9 Å². The van der Waals surface area contributed by atoms with Gasteiger partial charge in [-0.3, -0.25) is 4.79 Å². The Kier molecular flexibility index (Phi) is 4.05. The Hall–Kier alpha value is -2.03. The highest BCUT2D eigenvalue weighted by atomic mass is 16.3. The van der Waals surface area contributed by atoms with Gasteiger partial charge >= 0.3 is 0 Å². The first-order chi connectivity index (χ1) is 9.04. The topological polar surface area (TPSA) is 43.4 Å². The van der Waals surface area contributed by atoms with Gasteiger partial charge in [-0.25, -0.2) is 0 Å². The Morgan fingerprint density at radius 2 is 1.84 bits per heavy atom. The van der Waals surface area contributed by atoms with E-state index in [9.17, 15) is 4.79 Å². The Morgan fingerprint density at radius 1 is 1.16 bits per heavy atom. The molecule has 2 rings (SSSR count). The summed E-state index contributed by atoms with van der Waals surface area (Å²) in [5.74, 6) is 3.42. The van der Waals surface area contributed by atoms with E-state index in [4.69, 9.17) is 8.83 Å². The fraction of sp³-hybridized carbons (Fsp3) is 0.312. The molecule has 0 saturated heterocycles. The van der Waals surface area contributed by atoms with Crippen LogP contribution in [0.5, 0.6) is 0 Å². The number of carbonyl (C=O) groups is 1. The van der Waals surface area contributed by atoms with Gasteiger partial charge in [0.15, 0.2) is 5.78 Å². The zero-order valence-corrected chi connectivity index (χ0v) is 11.5. The monoisotopic (exact) mass is 258 g/mol. The molecule has 2 heterocycles. The fourth-order valence-electron chi connectivity index (χ4n) is 1.91. The molecule has 0 aliphatic rings. The van der Waals surface area contributed by atoms with Crippen LogP contribution in [0.4, 0.5) is 0 Å². The highest BCUT2D eigenvalue weighted by Gasteiger charge is 2.12. The molecular formula is C16H18O3. The summed E-state index contributed by atoms with van der Waals surface area (Å²) < 4.78 is 10.9. The maximum absolute atomic E-state index is 11.8. The predicted octanol–water partition coefficient (Wildman–Crippen LogP) is 4.27. The average Bonchev–Trinajstić information content (AvgIpc) is 2.95. The number of carbonyl (C=O) groups excluding carboxylic acids is 1. The number of furan rings is 2. The van der Waals surface area contributed by atoms with Gasteiger partial charge < -0.3 is 8.83 Å². The summed E-state index contributed by atoms with van der Waals surface area (Å²) in [6.07, 6.45) is 3.70. The Labute approximate surface area is 112 Å². The van der Waals surface area contributed by atoms with E-state index in [0.717, 1.165) is 17.3 Å². The van der Waals surface area contributed by atoms with E-state index in [1.54, 1.807) is 12.2 Å². The first kappa shape index (κ1) is 13.4. The highest BCUT2D eigenvalue weighted by molar-refractivity contribution is 5.93. The normalized spacial score (nSPS) is 13.0. The first-order valence-electron chi connectivity index (χ1n) is 6.38. The third kappa shape index (κ3) is 3.71. The van der Waals surface area contributed by atoms with Crippen LogP contribution in [0.25, 0.3) is 6.08 Å². The van der Waals surface area contributed by atoms with E-state index in [-0.39, 0.29) is 11.7 Å². The van der Waals surface area contributed by atoms with Gasteiger partial charge in [0, 0.05) is 12.3 Å². The van der Waals surface area contributed by atoms with Crippen LogP contribution in [0.2, 0.25) is 0 Å². The molecule has 2 aromatic rings. The molecule has 2 aromatic heterocycles. The van der Waals surface area contributed by atoms with Crippen molar-refractivity contribution < 1.29 is 13.6 Å². The lowest BCUT2D eigenvalue weighted by atomic mass is 10.0. The summed E-state index contributed by atoms with van der Waals surface area (Å²) in [6.45, 7) is 5.76. The SMILES string of the molecule is Cc1ccc(/C=C/C(=O)CC(C)c2ccc(C)o2)o1. The van der Waals surface area contributed by atoms with Crippen molar-refractivity contribution in [2.24, 2.45) is 0 Å². The molecule has 3 heteroatoms. The molecule has 3 nitrogen and oxygen atoms in total. The van der Waals surface area contributed by atoms with Crippen molar-refractivity contribution in [3.05, 3.63) is 53.4 Å².